The molecule has 0 heterocycles. The van der Waals surface area contributed by atoms with Crippen molar-refractivity contribution < 1.29 is 14.7 Å². The topological polar surface area (TPSA) is 92.4 Å². The van der Waals surface area contributed by atoms with E-state index in [9.17, 15) is 9.59 Å². The zero-order valence-corrected chi connectivity index (χ0v) is 11.0. The van der Waals surface area contributed by atoms with Crippen molar-refractivity contribution in [2.75, 3.05) is 0 Å². The van der Waals surface area contributed by atoms with Crippen molar-refractivity contribution >= 4 is 11.9 Å². The molecule has 0 radical (unpaired) electrons. The lowest BCUT2D eigenvalue weighted by molar-refractivity contribution is -0.142. The number of aliphatic carboxylic acids is 1. The first-order chi connectivity index (χ1) is 9.04. The van der Waals surface area contributed by atoms with Gasteiger partial charge in [0.05, 0.1) is 6.04 Å². The summed E-state index contributed by atoms with van der Waals surface area (Å²) in [5.41, 5.74) is 6.53. The van der Waals surface area contributed by atoms with Crippen molar-refractivity contribution in [1.82, 2.24) is 5.32 Å². The van der Waals surface area contributed by atoms with E-state index in [1.807, 2.05) is 37.3 Å². The summed E-state index contributed by atoms with van der Waals surface area (Å²) in [4.78, 5) is 22.9. The first kappa shape index (κ1) is 15.2. The third kappa shape index (κ3) is 5.09. The summed E-state index contributed by atoms with van der Waals surface area (Å²) >= 11 is 0. The zero-order valence-electron chi connectivity index (χ0n) is 11.0. The normalized spacial score (nSPS) is 13.6. The summed E-state index contributed by atoms with van der Waals surface area (Å²) in [5, 5.41) is 11.6. The lowest BCUT2D eigenvalue weighted by Crippen LogP contribution is -2.49. The van der Waals surface area contributed by atoms with E-state index in [2.05, 4.69) is 5.32 Å². The van der Waals surface area contributed by atoms with Crippen molar-refractivity contribution in [3.8, 4) is 0 Å². The fourth-order valence-electron chi connectivity index (χ4n) is 1.77. The van der Waals surface area contributed by atoms with Gasteiger partial charge in [-0.3, -0.25) is 4.79 Å². The maximum Gasteiger partial charge on any atom is 0.326 e. The van der Waals surface area contributed by atoms with Crippen LogP contribution in [0.25, 0.3) is 0 Å². The van der Waals surface area contributed by atoms with Crippen LogP contribution >= 0.6 is 0 Å². The summed E-state index contributed by atoms with van der Waals surface area (Å²) in [6.07, 6.45) is 1.58. The molecular weight excluding hydrogens is 244 g/mol. The second-order valence-electron chi connectivity index (χ2n) is 4.48. The highest BCUT2D eigenvalue weighted by atomic mass is 16.4. The van der Waals surface area contributed by atoms with E-state index in [0.29, 0.717) is 6.42 Å². The molecule has 104 valence electrons. The molecule has 0 aromatic heterocycles. The van der Waals surface area contributed by atoms with E-state index in [1.165, 1.54) is 0 Å². The molecule has 0 saturated heterocycles. The number of nitrogens with one attached hydrogen (secondary N) is 1. The second kappa shape index (κ2) is 7.53. The van der Waals surface area contributed by atoms with Crippen LogP contribution in [0.4, 0.5) is 0 Å². The second-order valence-corrected chi connectivity index (χ2v) is 4.48. The van der Waals surface area contributed by atoms with Crippen LogP contribution in [-0.4, -0.2) is 29.1 Å². The predicted octanol–water partition coefficient (Wildman–Crippen LogP) is 0.926. The average Bonchev–Trinajstić information content (AvgIpc) is 2.39. The summed E-state index contributed by atoms with van der Waals surface area (Å²) in [6, 6.07) is 7.58. The molecular formula is C14H20N2O3. The van der Waals surface area contributed by atoms with Gasteiger partial charge in [0.1, 0.15) is 6.04 Å². The Morgan fingerprint density at radius 1 is 1.32 bits per heavy atom. The molecule has 1 rings (SSSR count). The summed E-state index contributed by atoms with van der Waals surface area (Å²) in [7, 11) is 0. The number of benzene rings is 1. The van der Waals surface area contributed by atoms with Gasteiger partial charge in [-0.15, -0.1) is 0 Å². The number of hydrogen-bond donors (Lipinski definition) is 3. The van der Waals surface area contributed by atoms with Crippen LogP contribution in [0, 0.1) is 0 Å². The minimum atomic E-state index is -1.05. The number of carbonyl (C=O) groups excluding carboxylic acids is 1. The predicted molar refractivity (Wildman–Crippen MR) is 72.6 cm³/mol. The van der Waals surface area contributed by atoms with Crippen LogP contribution in [-0.2, 0) is 16.0 Å². The zero-order chi connectivity index (χ0) is 14.3. The SMILES string of the molecule is CCC[C@@H](N)C(=O)N[C@H](Cc1ccccc1)C(=O)O. The van der Waals surface area contributed by atoms with Crippen LogP contribution in [0.2, 0.25) is 0 Å². The molecule has 5 heteroatoms. The fourth-order valence-corrected chi connectivity index (χ4v) is 1.77. The molecule has 0 aliphatic carbocycles. The van der Waals surface area contributed by atoms with Crippen molar-refractivity contribution in [3.05, 3.63) is 35.9 Å². The minimum Gasteiger partial charge on any atom is -0.480 e. The molecule has 0 aliphatic rings. The molecule has 1 aromatic carbocycles. The van der Waals surface area contributed by atoms with Crippen LogP contribution in [0.15, 0.2) is 30.3 Å². The lowest BCUT2D eigenvalue weighted by atomic mass is 10.1. The molecule has 0 saturated carbocycles. The first-order valence-corrected chi connectivity index (χ1v) is 6.37. The maximum absolute atomic E-state index is 11.7. The fraction of sp³-hybridized carbons (Fsp3) is 0.429. The van der Waals surface area contributed by atoms with Gasteiger partial charge in [0.15, 0.2) is 0 Å². The Kier molecular flexibility index (Phi) is 6.02. The Bertz CT molecular complexity index is 420. The van der Waals surface area contributed by atoms with Gasteiger partial charge in [0, 0.05) is 6.42 Å². The molecule has 19 heavy (non-hydrogen) atoms. The Balaban J connectivity index is 2.64. The van der Waals surface area contributed by atoms with E-state index in [-0.39, 0.29) is 6.42 Å². The minimum absolute atomic E-state index is 0.251. The lowest BCUT2D eigenvalue weighted by Gasteiger charge is -2.17. The first-order valence-electron chi connectivity index (χ1n) is 6.37. The molecule has 2 atom stereocenters. The molecule has 0 fully saturated rings. The standard InChI is InChI=1S/C14H20N2O3/c1-2-6-11(15)13(17)16-12(14(18)19)9-10-7-4-3-5-8-10/h3-5,7-8,11-12H,2,6,9,15H2,1H3,(H,16,17)(H,18,19)/t11-,12-/m1/s1. The van der Waals surface area contributed by atoms with Gasteiger partial charge >= 0.3 is 5.97 Å². The van der Waals surface area contributed by atoms with E-state index >= 15 is 0 Å². The molecule has 1 amide bonds. The van der Waals surface area contributed by atoms with E-state index in [4.69, 9.17) is 10.8 Å². The summed E-state index contributed by atoms with van der Waals surface area (Å²) in [6.45, 7) is 1.92. The van der Waals surface area contributed by atoms with E-state index < -0.39 is 24.0 Å². The van der Waals surface area contributed by atoms with Gasteiger partial charge < -0.3 is 16.2 Å². The largest absolute Gasteiger partial charge is 0.480 e. The number of hydrogen-bond acceptors (Lipinski definition) is 3. The van der Waals surface area contributed by atoms with Crippen LogP contribution in [0.3, 0.4) is 0 Å². The molecule has 0 bridgehead atoms. The van der Waals surface area contributed by atoms with Crippen molar-refractivity contribution in [3.63, 3.8) is 0 Å². The number of nitrogens with two attached hydrogens (primary N) is 1. The molecule has 1 aromatic rings. The maximum atomic E-state index is 11.7. The van der Waals surface area contributed by atoms with Crippen LogP contribution in [0.5, 0.6) is 0 Å². The highest BCUT2D eigenvalue weighted by Gasteiger charge is 2.22. The van der Waals surface area contributed by atoms with E-state index in [1.54, 1.807) is 0 Å². The van der Waals surface area contributed by atoms with Crippen LogP contribution in [0.1, 0.15) is 25.3 Å². The highest BCUT2D eigenvalue weighted by molar-refractivity contribution is 5.86. The Morgan fingerprint density at radius 2 is 1.95 bits per heavy atom. The van der Waals surface area contributed by atoms with Gasteiger partial charge in [0.25, 0.3) is 0 Å². The summed E-state index contributed by atoms with van der Waals surface area (Å²) in [5.74, 6) is -1.47. The van der Waals surface area contributed by atoms with E-state index in [0.717, 1.165) is 12.0 Å². The Hall–Kier alpha value is -1.88. The number of rotatable bonds is 7. The molecule has 0 unspecified atom stereocenters. The van der Waals surface area contributed by atoms with Gasteiger partial charge in [-0.1, -0.05) is 43.7 Å². The van der Waals surface area contributed by atoms with Crippen molar-refractivity contribution in [2.24, 2.45) is 5.73 Å². The van der Waals surface area contributed by atoms with Crippen LogP contribution < -0.4 is 11.1 Å². The quantitative estimate of drug-likeness (QED) is 0.683. The molecule has 4 N–H and O–H groups in total. The van der Waals surface area contributed by atoms with Gasteiger partial charge in [0.2, 0.25) is 5.91 Å². The third-order valence-electron chi connectivity index (χ3n) is 2.83. The Morgan fingerprint density at radius 3 is 2.47 bits per heavy atom. The monoisotopic (exact) mass is 264 g/mol. The Labute approximate surface area is 112 Å². The smallest absolute Gasteiger partial charge is 0.326 e. The van der Waals surface area contributed by atoms with Crippen molar-refractivity contribution in [2.45, 2.75) is 38.3 Å². The van der Waals surface area contributed by atoms with Gasteiger partial charge in [-0.2, -0.15) is 0 Å². The number of amides is 1. The number of carbonyl (C=O) groups is 2. The average molecular weight is 264 g/mol. The molecule has 5 nitrogen and oxygen atoms in total. The van der Waals surface area contributed by atoms with Crippen molar-refractivity contribution in [1.29, 1.82) is 0 Å². The molecule has 0 aliphatic heterocycles. The number of carboxylic acid groups (broad SMARTS) is 1. The van der Waals surface area contributed by atoms with Gasteiger partial charge in [-0.05, 0) is 12.0 Å². The highest BCUT2D eigenvalue weighted by Crippen LogP contribution is 2.04. The third-order valence-corrected chi connectivity index (χ3v) is 2.83. The summed E-state index contributed by atoms with van der Waals surface area (Å²) < 4.78 is 0. The molecule has 0 spiro atoms. The van der Waals surface area contributed by atoms with Gasteiger partial charge in [-0.25, -0.2) is 4.79 Å². The number of carboxylic acids is 1.